The van der Waals surface area contributed by atoms with Gasteiger partial charge in [-0.25, -0.2) is 0 Å². The number of benzene rings is 2. The zero-order chi connectivity index (χ0) is 17.9. The molecule has 1 fully saturated rings. The number of nitrogens with zero attached hydrogens (tertiary/aromatic N) is 2. The molecule has 1 aliphatic rings. The van der Waals surface area contributed by atoms with Gasteiger partial charge < -0.3 is 14.0 Å². The summed E-state index contributed by atoms with van der Waals surface area (Å²) in [5.41, 5.74) is 3.56. The second kappa shape index (κ2) is 7.66. The molecule has 1 aliphatic heterocycles. The fraction of sp³-hybridized carbons (Fsp3) is 0.238. The first-order valence-electron chi connectivity index (χ1n) is 8.65. The van der Waals surface area contributed by atoms with E-state index in [1.807, 2.05) is 24.3 Å². The molecule has 0 amide bonds. The third kappa shape index (κ3) is 3.70. The number of hydrogen-bond acceptors (Lipinski definition) is 3. The topological polar surface area (TPSA) is 26.6 Å². The highest BCUT2D eigenvalue weighted by molar-refractivity contribution is 9.10. The van der Waals surface area contributed by atoms with Crippen molar-refractivity contribution in [1.82, 2.24) is 9.47 Å². The van der Waals surface area contributed by atoms with Crippen LogP contribution in [0.1, 0.15) is 17.4 Å². The van der Waals surface area contributed by atoms with E-state index in [-0.39, 0.29) is 6.23 Å². The normalized spacial score (nSPS) is 17.5. The summed E-state index contributed by atoms with van der Waals surface area (Å²) in [5.74, 6) is 0.883. The number of halogens is 1. The van der Waals surface area contributed by atoms with Crippen LogP contribution in [0.4, 0.5) is 0 Å². The van der Waals surface area contributed by atoms with Gasteiger partial charge in [0.1, 0.15) is 12.0 Å². The molecule has 0 unspecified atom stereocenters. The van der Waals surface area contributed by atoms with Crippen LogP contribution in [0.5, 0.6) is 5.75 Å². The van der Waals surface area contributed by atoms with Crippen molar-refractivity contribution in [3.63, 3.8) is 0 Å². The molecule has 2 aromatic carbocycles. The van der Waals surface area contributed by atoms with Crippen molar-refractivity contribution in [3.8, 4) is 11.4 Å². The summed E-state index contributed by atoms with van der Waals surface area (Å²) in [5, 5.41) is 0. The molecule has 5 heteroatoms. The van der Waals surface area contributed by atoms with E-state index < -0.39 is 0 Å². The van der Waals surface area contributed by atoms with Crippen molar-refractivity contribution < 1.29 is 9.47 Å². The van der Waals surface area contributed by atoms with Gasteiger partial charge in [-0.1, -0.05) is 34.1 Å². The van der Waals surface area contributed by atoms with Crippen LogP contribution in [0.15, 0.2) is 71.5 Å². The van der Waals surface area contributed by atoms with Gasteiger partial charge in [0.25, 0.3) is 0 Å². The Labute approximate surface area is 162 Å². The number of ether oxygens (including phenoxy) is 2. The van der Waals surface area contributed by atoms with Crippen molar-refractivity contribution in [1.29, 1.82) is 0 Å². The van der Waals surface area contributed by atoms with Crippen LogP contribution in [0.3, 0.4) is 0 Å². The third-order valence-electron chi connectivity index (χ3n) is 4.64. The summed E-state index contributed by atoms with van der Waals surface area (Å²) in [7, 11) is 1.69. The lowest BCUT2D eigenvalue weighted by Gasteiger charge is -2.22. The van der Waals surface area contributed by atoms with Gasteiger partial charge in [-0.05, 0) is 42.0 Å². The van der Waals surface area contributed by atoms with Gasteiger partial charge in [0.15, 0.2) is 0 Å². The summed E-state index contributed by atoms with van der Waals surface area (Å²) < 4.78 is 14.5. The fourth-order valence-corrected chi connectivity index (χ4v) is 3.68. The maximum Gasteiger partial charge on any atom is 0.138 e. The Morgan fingerprint density at radius 2 is 2.00 bits per heavy atom. The fourth-order valence-electron chi connectivity index (χ4n) is 3.30. The molecule has 0 saturated carbocycles. The van der Waals surface area contributed by atoms with Gasteiger partial charge in [-0.2, -0.15) is 0 Å². The Hall–Kier alpha value is -2.08. The molecule has 0 N–H and O–H groups in total. The van der Waals surface area contributed by atoms with E-state index >= 15 is 0 Å². The average Bonchev–Trinajstić information content (AvgIpc) is 3.31. The first kappa shape index (κ1) is 17.3. The van der Waals surface area contributed by atoms with Crippen molar-refractivity contribution in [2.75, 3.05) is 20.3 Å². The molecule has 4 rings (SSSR count). The van der Waals surface area contributed by atoms with Crippen LogP contribution in [0.2, 0.25) is 0 Å². The van der Waals surface area contributed by atoms with E-state index in [4.69, 9.17) is 9.47 Å². The molecule has 0 aliphatic carbocycles. The van der Waals surface area contributed by atoms with Crippen molar-refractivity contribution >= 4 is 15.9 Å². The van der Waals surface area contributed by atoms with E-state index in [1.54, 1.807) is 7.11 Å². The smallest absolute Gasteiger partial charge is 0.138 e. The Morgan fingerprint density at radius 3 is 2.77 bits per heavy atom. The standard InChI is InChI=1S/C21H21BrN2O2/c1-25-20-7-5-16(6-8-20)14-24-11-12-26-21(24)17-9-10-23(15-17)19-4-2-3-18(22)13-19/h2-10,13,15,21H,11-12,14H2,1H3/t21-/m0/s1. The summed E-state index contributed by atoms with van der Waals surface area (Å²) >= 11 is 3.53. The Bertz CT molecular complexity index is 876. The van der Waals surface area contributed by atoms with Gasteiger partial charge in [0.2, 0.25) is 0 Å². The van der Waals surface area contributed by atoms with Gasteiger partial charge in [-0.3, -0.25) is 4.90 Å². The first-order chi connectivity index (χ1) is 12.7. The maximum absolute atomic E-state index is 6.02. The van der Waals surface area contributed by atoms with Crippen LogP contribution in [0, 0.1) is 0 Å². The number of rotatable bonds is 5. The highest BCUT2D eigenvalue weighted by atomic mass is 79.9. The molecule has 134 valence electrons. The lowest BCUT2D eigenvalue weighted by Crippen LogP contribution is -2.23. The molecular weight excluding hydrogens is 392 g/mol. The second-order valence-electron chi connectivity index (χ2n) is 6.37. The van der Waals surface area contributed by atoms with Crippen LogP contribution in [0.25, 0.3) is 5.69 Å². The molecule has 26 heavy (non-hydrogen) atoms. The van der Waals surface area contributed by atoms with Gasteiger partial charge in [0, 0.05) is 41.2 Å². The monoisotopic (exact) mass is 412 g/mol. The summed E-state index contributed by atoms with van der Waals surface area (Å²) in [6, 6.07) is 18.6. The quantitative estimate of drug-likeness (QED) is 0.603. The molecule has 4 nitrogen and oxygen atoms in total. The zero-order valence-electron chi connectivity index (χ0n) is 14.6. The summed E-state index contributed by atoms with van der Waals surface area (Å²) in [6.45, 7) is 2.54. The van der Waals surface area contributed by atoms with Gasteiger partial charge in [0.05, 0.1) is 13.7 Å². The second-order valence-corrected chi connectivity index (χ2v) is 7.29. The largest absolute Gasteiger partial charge is 0.497 e. The number of aromatic nitrogens is 1. The van der Waals surface area contributed by atoms with Crippen molar-refractivity contribution in [2.24, 2.45) is 0 Å². The van der Waals surface area contributed by atoms with E-state index in [9.17, 15) is 0 Å². The number of hydrogen-bond donors (Lipinski definition) is 0. The Morgan fingerprint density at radius 1 is 1.15 bits per heavy atom. The molecule has 1 atom stereocenters. The molecule has 0 radical (unpaired) electrons. The molecule has 1 aromatic heterocycles. The number of methoxy groups -OCH3 is 1. The lowest BCUT2D eigenvalue weighted by molar-refractivity contribution is 0.0288. The highest BCUT2D eigenvalue weighted by Gasteiger charge is 2.27. The predicted molar refractivity (Wildman–Crippen MR) is 106 cm³/mol. The first-order valence-corrected chi connectivity index (χ1v) is 9.45. The molecule has 0 bridgehead atoms. The minimum absolute atomic E-state index is 0.00879. The maximum atomic E-state index is 6.02. The Balaban J connectivity index is 1.51. The van der Waals surface area contributed by atoms with E-state index in [0.29, 0.717) is 0 Å². The third-order valence-corrected chi connectivity index (χ3v) is 5.13. The molecular formula is C21H21BrN2O2. The highest BCUT2D eigenvalue weighted by Crippen LogP contribution is 2.30. The summed E-state index contributed by atoms with van der Waals surface area (Å²) in [4.78, 5) is 2.36. The van der Waals surface area contributed by atoms with Crippen molar-refractivity contribution in [3.05, 3.63) is 82.6 Å². The van der Waals surface area contributed by atoms with E-state index in [2.05, 4.69) is 68.1 Å². The molecule has 3 aromatic rings. The zero-order valence-corrected chi connectivity index (χ0v) is 16.2. The van der Waals surface area contributed by atoms with Crippen LogP contribution in [-0.4, -0.2) is 29.7 Å². The van der Waals surface area contributed by atoms with Crippen LogP contribution >= 0.6 is 15.9 Å². The predicted octanol–water partition coefficient (Wildman–Crippen LogP) is 4.78. The van der Waals surface area contributed by atoms with Gasteiger partial charge >= 0.3 is 0 Å². The lowest BCUT2D eigenvalue weighted by atomic mass is 10.2. The summed E-state index contributed by atoms with van der Waals surface area (Å²) in [6.07, 6.45) is 4.23. The minimum atomic E-state index is -0.00879. The average molecular weight is 413 g/mol. The van der Waals surface area contributed by atoms with E-state index in [1.165, 1.54) is 11.1 Å². The molecule has 0 spiro atoms. The molecule has 2 heterocycles. The van der Waals surface area contributed by atoms with Crippen LogP contribution in [-0.2, 0) is 11.3 Å². The van der Waals surface area contributed by atoms with E-state index in [0.717, 1.165) is 35.6 Å². The SMILES string of the molecule is COc1ccc(CN2CCO[C@H]2c2ccn(-c3cccc(Br)c3)c2)cc1. The molecule has 1 saturated heterocycles. The van der Waals surface area contributed by atoms with Gasteiger partial charge in [-0.15, -0.1) is 0 Å². The van der Waals surface area contributed by atoms with Crippen LogP contribution < -0.4 is 4.74 Å². The minimum Gasteiger partial charge on any atom is -0.497 e. The van der Waals surface area contributed by atoms with Crippen molar-refractivity contribution in [2.45, 2.75) is 12.8 Å². The Kier molecular flexibility index (Phi) is 5.11.